The number of likely N-dealkylation sites (tertiary alicyclic amines) is 1. The first-order valence-corrected chi connectivity index (χ1v) is 8.79. The molecule has 5 heteroatoms. The maximum absolute atomic E-state index is 10.7. The minimum Gasteiger partial charge on any atom is -0.453 e. The van der Waals surface area contributed by atoms with Gasteiger partial charge in [-0.25, -0.2) is 4.79 Å². The first kappa shape index (κ1) is 19.2. The maximum Gasteiger partial charge on any atom is 0.409 e. The van der Waals surface area contributed by atoms with E-state index in [0.717, 1.165) is 32.5 Å². The molecule has 0 aromatic heterocycles. The number of hydrogen-bond acceptors (Lipinski definition) is 4. The fourth-order valence-corrected chi connectivity index (χ4v) is 3.76. The Morgan fingerprint density at radius 3 is 1.95 bits per heavy atom. The monoisotopic (exact) mass is 314 g/mol. The quantitative estimate of drug-likeness (QED) is 0.785. The van der Waals surface area contributed by atoms with Gasteiger partial charge in [-0.2, -0.15) is 0 Å². The molecule has 130 valence electrons. The molecular weight excluding hydrogens is 280 g/mol. The van der Waals surface area contributed by atoms with Gasteiger partial charge in [0.15, 0.2) is 0 Å². The minimum atomic E-state index is -0.187. The molecular formula is C17H34N2O3. The van der Waals surface area contributed by atoms with Gasteiger partial charge in [0, 0.05) is 25.7 Å². The fraction of sp³-hybridized carbons (Fsp3) is 0.941. The van der Waals surface area contributed by atoms with Crippen LogP contribution in [0.1, 0.15) is 52.4 Å². The lowest BCUT2D eigenvalue weighted by Crippen LogP contribution is -2.42. The van der Waals surface area contributed by atoms with E-state index in [0.29, 0.717) is 5.54 Å². The molecule has 3 aliphatic heterocycles. The second-order valence-electron chi connectivity index (χ2n) is 6.02. The highest BCUT2D eigenvalue weighted by Crippen LogP contribution is 2.38. The Morgan fingerprint density at radius 2 is 1.50 bits per heavy atom. The zero-order chi connectivity index (χ0) is 16.4. The summed E-state index contributed by atoms with van der Waals surface area (Å²) in [5.41, 5.74) is 0.467. The van der Waals surface area contributed by atoms with Crippen molar-refractivity contribution in [2.45, 2.75) is 57.9 Å². The maximum atomic E-state index is 10.7. The van der Waals surface area contributed by atoms with Crippen molar-refractivity contribution in [3.63, 3.8) is 0 Å². The molecule has 0 unspecified atom stereocenters. The van der Waals surface area contributed by atoms with E-state index in [1.807, 2.05) is 21.0 Å². The van der Waals surface area contributed by atoms with E-state index in [1.165, 1.54) is 45.9 Å². The molecule has 0 spiro atoms. The number of rotatable bonds is 2. The summed E-state index contributed by atoms with van der Waals surface area (Å²) in [6.07, 6.45) is 7.53. The van der Waals surface area contributed by atoms with Crippen LogP contribution in [0.15, 0.2) is 0 Å². The van der Waals surface area contributed by atoms with E-state index in [1.54, 1.807) is 4.90 Å². The SMILES string of the molecule is CC.COC(=O)N1CCCC1.COCC12CCCN1CCC2. The number of fused-ring (bicyclic) bond motifs is 1. The molecule has 0 saturated carbocycles. The molecule has 0 aromatic rings. The molecule has 0 bridgehead atoms. The molecule has 0 atom stereocenters. The van der Waals surface area contributed by atoms with Crippen LogP contribution < -0.4 is 0 Å². The minimum absolute atomic E-state index is 0.187. The highest BCUT2D eigenvalue weighted by Gasteiger charge is 2.43. The summed E-state index contributed by atoms with van der Waals surface area (Å²) in [7, 11) is 3.24. The van der Waals surface area contributed by atoms with Crippen LogP contribution in [0.2, 0.25) is 0 Å². The third-order valence-electron chi connectivity index (χ3n) is 4.76. The zero-order valence-electron chi connectivity index (χ0n) is 14.9. The fourth-order valence-electron chi connectivity index (χ4n) is 3.76. The summed E-state index contributed by atoms with van der Waals surface area (Å²) in [6.45, 7) is 9.30. The van der Waals surface area contributed by atoms with Crippen molar-refractivity contribution in [3.8, 4) is 0 Å². The summed E-state index contributed by atoms with van der Waals surface area (Å²) in [5, 5.41) is 0. The number of carbonyl (C=O) groups excluding carboxylic acids is 1. The van der Waals surface area contributed by atoms with Gasteiger partial charge in [-0.1, -0.05) is 13.8 Å². The number of methoxy groups -OCH3 is 2. The van der Waals surface area contributed by atoms with Crippen molar-refractivity contribution in [1.82, 2.24) is 9.80 Å². The second-order valence-corrected chi connectivity index (χ2v) is 6.02. The summed E-state index contributed by atoms with van der Waals surface area (Å²) in [5.74, 6) is 0. The molecule has 5 nitrogen and oxygen atoms in total. The molecule has 0 aromatic carbocycles. The van der Waals surface area contributed by atoms with Crippen LogP contribution in [0.3, 0.4) is 0 Å². The van der Waals surface area contributed by atoms with Crippen molar-refractivity contribution in [3.05, 3.63) is 0 Å². The predicted molar refractivity (Wildman–Crippen MR) is 89.2 cm³/mol. The number of ether oxygens (including phenoxy) is 2. The van der Waals surface area contributed by atoms with Gasteiger partial charge in [0.1, 0.15) is 0 Å². The van der Waals surface area contributed by atoms with E-state index >= 15 is 0 Å². The van der Waals surface area contributed by atoms with Crippen LogP contribution >= 0.6 is 0 Å². The average Bonchev–Trinajstić information content (AvgIpc) is 3.25. The summed E-state index contributed by atoms with van der Waals surface area (Å²) in [4.78, 5) is 15.1. The normalized spacial score (nSPS) is 22.3. The van der Waals surface area contributed by atoms with E-state index in [4.69, 9.17) is 4.74 Å². The van der Waals surface area contributed by atoms with Crippen LogP contribution in [0.4, 0.5) is 4.79 Å². The van der Waals surface area contributed by atoms with Gasteiger partial charge in [0.05, 0.1) is 13.7 Å². The molecule has 3 heterocycles. The van der Waals surface area contributed by atoms with Crippen LogP contribution in [0, 0.1) is 0 Å². The zero-order valence-corrected chi connectivity index (χ0v) is 14.9. The van der Waals surface area contributed by atoms with Crippen molar-refractivity contribution in [2.24, 2.45) is 0 Å². The predicted octanol–water partition coefficient (Wildman–Crippen LogP) is 3.14. The third kappa shape index (κ3) is 4.85. The lowest BCUT2D eigenvalue weighted by molar-refractivity contribution is 0.0655. The van der Waals surface area contributed by atoms with Gasteiger partial charge < -0.3 is 14.4 Å². The Balaban J connectivity index is 0.000000202. The Morgan fingerprint density at radius 1 is 0.955 bits per heavy atom. The first-order chi connectivity index (χ1) is 10.7. The summed E-state index contributed by atoms with van der Waals surface area (Å²) >= 11 is 0. The van der Waals surface area contributed by atoms with Crippen LogP contribution in [0.5, 0.6) is 0 Å². The Hall–Kier alpha value is -0.810. The van der Waals surface area contributed by atoms with E-state index in [2.05, 4.69) is 9.64 Å². The highest BCUT2D eigenvalue weighted by atomic mass is 16.5. The Labute approximate surface area is 135 Å². The summed E-state index contributed by atoms with van der Waals surface area (Å²) in [6, 6.07) is 0. The highest BCUT2D eigenvalue weighted by molar-refractivity contribution is 5.67. The molecule has 0 N–H and O–H groups in total. The van der Waals surface area contributed by atoms with Gasteiger partial charge in [-0.15, -0.1) is 0 Å². The van der Waals surface area contributed by atoms with Crippen LogP contribution in [0.25, 0.3) is 0 Å². The van der Waals surface area contributed by atoms with E-state index < -0.39 is 0 Å². The molecule has 3 rings (SSSR count). The largest absolute Gasteiger partial charge is 0.453 e. The smallest absolute Gasteiger partial charge is 0.409 e. The third-order valence-corrected chi connectivity index (χ3v) is 4.76. The van der Waals surface area contributed by atoms with Crippen molar-refractivity contribution in [1.29, 1.82) is 0 Å². The lowest BCUT2D eigenvalue weighted by Gasteiger charge is -2.30. The van der Waals surface area contributed by atoms with E-state index in [9.17, 15) is 4.79 Å². The Bertz CT molecular complexity index is 307. The molecule has 3 aliphatic rings. The number of amides is 1. The van der Waals surface area contributed by atoms with Gasteiger partial charge in [-0.3, -0.25) is 4.90 Å². The van der Waals surface area contributed by atoms with Crippen molar-refractivity contribution < 1.29 is 14.3 Å². The molecule has 22 heavy (non-hydrogen) atoms. The average molecular weight is 314 g/mol. The second kappa shape index (κ2) is 10.1. The van der Waals surface area contributed by atoms with Gasteiger partial charge in [0.25, 0.3) is 0 Å². The van der Waals surface area contributed by atoms with E-state index in [-0.39, 0.29) is 6.09 Å². The van der Waals surface area contributed by atoms with Gasteiger partial charge >= 0.3 is 6.09 Å². The van der Waals surface area contributed by atoms with Crippen molar-refractivity contribution in [2.75, 3.05) is 47.0 Å². The standard InChI is InChI=1S/C9H17NO.C6H11NO2.C2H6/c1-11-8-9-4-2-6-10(9)7-3-5-9;1-9-6(8)7-4-2-3-5-7;1-2/h2-8H2,1H3;2-5H2,1H3;1-2H3. The first-order valence-electron chi connectivity index (χ1n) is 8.79. The van der Waals surface area contributed by atoms with Crippen molar-refractivity contribution >= 4 is 6.09 Å². The van der Waals surface area contributed by atoms with Crippen LogP contribution in [-0.4, -0.2) is 68.4 Å². The topological polar surface area (TPSA) is 42.0 Å². The van der Waals surface area contributed by atoms with Crippen LogP contribution in [-0.2, 0) is 9.47 Å². The number of carbonyl (C=O) groups is 1. The van der Waals surface area contributed by atoms with Gasteiger partial charge in [-0.05, 0) is 51.6 Å². The molecule has 1 amide bonds. The number of hydrogen-bond donors (Lipinski definition) is 0. The molecule has 3 saturated heterocycles. The number of nitrogens with zero attached hydrogens (tertiary/aromatic N) is 2. The Kier molecular flexibility index (Phi) is 8.79. The molecule has 0 radical (unpaired) electrons. The summed E-state index contributed by atoms with van der Waals surface area (Å²) < 4.78 is 9.81. The lowest BCUT2D eigenvalue weighted by atomic mass is 9.95. The molecule has 3 fully saturated rings. The molecule has 0 aliphatic carbocycles. The van der Waals surface area contributed by atoms with Gasteiger partial charge in [0.2, 0.25) is 0 Å².